The average molecular weight is 376 g/mol. The lowest BCUT2D eigenvalue weighted by molar-refractivity contribution is 0.712. The Balaban J connectivity index is 1.48. The first-order valence-corrected chi connectivity index (χ1v) is 8.77. The molecule has 1 N–H and O–H groups in total. The van der Waals surface area contributed by atoms with Crippen LogP contribution in [0, 0.1) is 0 Å². The van der Waals surface area contributed by atoms with Crippen LogP contribution >= 0.6 is 11.6 Å². The molecule has 0 aliphatic heterocycles. The molecule has 2 aromatic carbocycles. The number of halogens is 1. The van der Waals surface area contributed by atoms with Gasteiger partial charge in [0.15, 0.2) is 10.8 Å². The largest absolute Gasteiger partial charge is 0.323 e. The minimum absolute atomic E-state index is 0.314. The minimum atomic E-state index is 0.314. The van der Waals surface area contributed by atoms with Crippen LogP contribution in [0.15, 0.2) is 67.1 Å². The first kappa shape index (κ1) is 15.8. The zero-order chi connectivity index (χ0) is 18.2. The van der Waals surface area contributed by atoms with Gasteiger partial charge in [0.2, 0.25) is 5.95 Å². The van der Waals surface area contributed by atoms with Crippen molar-refractivity contribution >= 4 is 39.8 Å². The summed E-state index contributed by atoms with van der Waals surface area (Å²) >= 11 is 6.06. The molecule has 0 atom stereocenters. The summed E-state index contributed by atoms with van der Waals surface area (Å²) in [5.74, 6) is 0.457. The predicted molar refractivity (Wildman–Crippen MR) is 104 cm³/mol. The van der Waals surface area contributed by atoms with E-state index in [2.05, 4.69) is 37.6 Å². The van der Waals surface area contributed by atoms with E-state index in [0.717, 1.165) is 16.6 Å². The maximum Gasteiger partial charge on any atom is 0.247 e. The summed E-state index contributed by atoms with van der Waals surface area (Å²) in [5, 5.41) is 13.5. The van der Waals surface area contributed by atoms with Crippen LogP contribution < -0.4 is 5.32 Å². The predicted octanol–water partition coefficient (Wildman–Crippen LogP) is 3.92. The molecule has 0 aliphatic rings. The molecule has 0 spiro atoms. The second-order valence-corrected chi connectivity index (χ2v) is 6.47. The Labute approximate surface area is 159 Å². The van der Waals surface area contributed by atoms with E-state index in [-0.39, 0.29) is 0 Å². The standard InChI is InChI=1S/C19H14ClN7/c20-17-18-24-19(25-26(18)9-8-21-17)23-15-7-6-14-11-22-27(16(14)10-15)12-13-4-2-1-3-5-13/h1-11H,12H2,(H,23,25). The van der Waals surface area contributed by atoms with Gasteiger partial charge in [0, 0.05) is 23.5 Å². The first-order chi connectivity index (χ1) is 13.3. The lowest BCUT2D eigenvalue weighted by Gasteiger charge is -2.06. The van der Waals surface area contributed by atoms with Crippen LogP contribution in [0.3, 0.4) is 0 Å². The number of fused-ring (bicyclic) bond motifs is 2. The van der Waals surface area contributed by atoms with Crippen molar-refractivity contribution in [3.63, 3.8) is 0 Å². The van der Waals surface area contributed by atoms with E-state index in [1.54, 1.807) is 16.9 Å². The number of benzene rings is 2. The summed E-state index contributed by atoms with van der Waals surface area (Å²) < 4.78 is 3.57. The van der Waals surface area contributed by atoms with Gasteiger partial charge in [0.1, 0.15) is 0 Å². The number of nitrogens with zero attached hydrogens (tertiary/aromatic N) is 6. The Morgan fingerprint density at radius 1 is 1.07 bits per heavy atom. The highest BCUT2D eigenvalue weighted by molar-refractivity contribution is 6.32. The van der Waals surface area contributed by atoms with Crippen LogP contribution in [0.5, 0.6) is 0 Å². The van der Waals surface area contributed by atoms with Crippen molar-refractivity contribution in [3.05, 3.63) is 77.8 Å². The molecule has 3 heterocycles. The van der Waals surface area contributed by atoms with Crippen molar-refractivity contribution in [2.45, 2.75) is 6.54 Å². The Kier molecular flexibility index (Phi) is 3.72. The van der Waals surface area contributed by atoms with E-state index in [0.29, 0.717) is 23.3 Å². The number of hydrogen-bond acceptors (Lipinski definition) is 5. The average Bonchev–Trinajstić information content (AvgIpc) is 3.27. The third-order valence-electron chi connectivity index (χ3n) is 4.29. The monoisotopic (exact) mass is 375 g/mol. The quantitative estimate of drug-likeness (QED) is 0.515. The third kappa shape index (κ3) is 2.98. The van der Waals surface area contributed by atoms with Crippen molar-refractivity contribution in [2.24, 2.45) is 0 Å². The van der Waals surface area contributed by atoms with Gasteiger partial charge in [-0.3, -0.25) is 4.68 Å². The molecule has 0 saturated carbocycles. The summed E-state index contributed by atoms with van der Waals surface area (Å²) in [5.41, 5.74) is 3.62. The molecule has 0 bridgehead atoms. The Morgan fingerprint density at radius 3 is 2.81 bits per heavy atom. The van der Waals surface area contributed by atoms with Crippen LogP contribution in [-0.4, -0.2) is 29.4 Å². The molecule has 0 radical (unpaired) electrons. The summed E-state index contributed by atoms with van der Waals surface area (Å²) in [6.07, 6.45) is 5.16. The molecule has 0 aliphatic carbocycles. The number of aromatic nitrogens is 6. The molecule has 5 rings (SSSR count). The highest BCUT2D eigenvalue weighted by atomic mass is 35.5. The summed E-state index contributed by atoms with van der Waals surface area (Å²) in [6.45, 7) is 0.710. The number of nitrogens with one attached hydrogen (secondary N) is 1. The molecule has 7 nitrogen and oxygen atoms in total. The molecular formula is C19H14ClN7. The Bertz CT molecular complexity index is 1240. The molecule has 8 heteroatoms. The summed E-state index contributed by atoms with van der Waals surface area (Å²) in [6, 6.07) is 16.3. The van der Waals surface area contributed by atoms with Crippen LogP contribution in [0.4, 0.5) is 11.6 Å². The van der Waals surface area contributed by atoms with Gasteiger partial charge in [0.25, 0.3) is 0 Å². The molecule has 27 heavy (non-hydrogen) atoms. The van der Waals surface area contributed by atoms with Crippen LogP contribution in [-0.2, 0) is 6.54 Å². The van der Waals surface area contributed by atoms with Gasteiger partial charge in [-0.05, 0) is 23.8 Å². The van der Waals surface area contributed by atoms with Crippen molar-refractivity contribution in [2.75, 3.05) is 5.32 Å². The molecule has 0 unspecified atom stereocenters. The van der Waals surface area contributed by atoms with E-state index in [1.807, 2.05) is 47.3 Å². The second kappa shape index (κ2) is 6.37. The van der Waals surface area contributed by atoms with E-state index >= 15 is 0 Å². The van der Waals surface area contributed by atoms with Gasteiger partial charge in [-0.15, -0.1) is 5.10 Å². The minimum Gasteiger partial charge on any atom is -0.323 e. The van der Waals surface area contributed by atoms with E-state index < -0.39 is 0 Å². The topological polar surface area (TPSA) is 72.9 Å². The second-order valence-electron chi connectivity index (χ2n) is 6.11. The normalized spacial score (nSPS) is 11.3. The highest BCUT2D eigenvalue weighted by Gasteiger charge is 2.09. The van der Waals surface area contributed by atoms with Gasteiger partial charge in [0.05, 0.1) is 18.3 Å². The van der Waals surface area contributed by atoms with Crippen molar-refractivity contribution in [1.29, 1.82) is 0 Å². The third-order valence-corrected chi connectivity index (χ3v) is 4.55. The lowest BCUT2D eigenvalue weighted by atomic mass is 10.2. The van der Waals surface area contributed by atoms with Gasteiger partial charge >= 0.3 is 0 Å². The Morgan fingerprint density at radius 2 is 1.96 bits per heavy atom. The van der Waals surface area contributed by atoms with E-state index in [4.69, 9.17) is 11.6 Å². The van der Waals surface area contributed by atoms with E-state index in [1.165, 1.54) is 5.56 Å². The van der Waals surface area contributed by atoms with Gasteiger partial charge in [-0.25, -0.2) is 9.50 Å². The molecule has 0 fully saturated rings. The SMILES string of the molecule is Clc1nccn2nc(Nc3ccc4cnn(Cc5ccccc5)c4c3)nc12. The molecular weight excluding hydrogens is 362 g/mol. The van der Waals surface area contributed by atoms with E-state index in [9.17, 15) is 0 Å². The molecule has 0 amide bonds. The molecule has 3 aromatic heterocycles. The Hall–Kier alpha value is -3.45. The van der Waals surface area contributed by atoms with Gasteiger partial charge in [-0.2, -0.15) is 10.1 Å². The smallest absolute Gasteiger partial charge is 0.247 e. The summed E-state index contributed by atoms with van der Waals surface area (Å²) in [7, 11) is 0. The fourth-order valence-corrected chi connectivity index (χ4v) is 3.19. The van der Waals surface area contributed by atoms with Crippen LogP contribution in [0.1, 0.15) is 5.56 Å². The number of hydrogen-bond donors (Lipinski definition) is 1. The first-order valence-electron chi connectivity index (χ1n) is 8.40. The fourth-order valence-electron chi connectivity index (χ4n) is 3.00. The maximum absolute atomic E-state index is 6.06. The van der Waals surface area contributed by atoms with Crippen LogP contribution in [0.25, 0.3) is 16.6 Å². The fraction of sp³-hybridized carbons (Fsp3) is 0.0526. The van der Waals surface area contributed by atoms with Gasteiger partial charge in [-0.1, -0.05) is 41.9 Å². The maximum atomic E-state index is 6.06. The van der Waals surface area contributed by atoms with Gasteiger partial charge < -0.3 is 5.32 Å². The summed E-state index contributed by atoms with van der Waals surface area (Å²) in [4.78, 5) is 8.41. The van der Waals surface area contributed by atoms with Crippen molar-refractivity contribution in [1.82, 2.24) is 29.4 Å². The van der Waals surface area contributed by atoms with Crippen LogP contribution in [0.2, 0.25) is 5.15 Å². The molecule has 0 saturated heterocycles. The molecule has 5 aromatic rings. The zero-order valence-electron chi connectivity index (χ0n) is 14.1. The van der Waals surface area contributed by atoms with Crippen molar-refractivity contribution < 1.29 is 0 Å². The zero-order valence-corrected chi connectivity index (χ0v) is 14.9. The number of anilines is 2. The molecule has 132 valence electrons. The lowest BCUT2D eigenvalue weighted by Crippen LogP contribution is -2.01. The number of rotatable bonds is 4. The highest BCUT2D eigenvalue weighted by Crippen LogP contribution is 2.23. The van der Waals surface area contributed by atoms with Crippen molar-refractivity contribution in [3.8, 4) is 0 Å².